The number of nitrogens with zero attached hydrogens (tertiary/aromatic N) is 3. The molecular weight excluding hydrogens is 569 g/mol. The van der Waals surface area contributed by atoms with E-state index in [1.165, 1.54) is 0 Å². The van der Waals surface area contributed by atoms with Crippen molar-refractivity contribution in [3.05, 3.63) is 89.2 Å². The zero-order valence-corrected chi connectivity index (χ0v) is 22.8. The van der Waals surface area contributed by atoms with Gasteiger partial charge in [-0.25, -0.2) is 4.98 Å². The predicted molar refractivity (Wildman–Crippen MR) is 128 cm³/mol. The molecule has 2 aromatic carbocycles. The Morgan fingerprint density at radius 3 is 1.40 bits per heavy atom. The molecule has 3 rings (SSSR count). The first-order chi connectivity index (χ1) is 14.3. The quantitative estimate of drug-likeness (QED) is 0.283. The fourth-order valence-corrected chi connectivity index (χ4v) is 2.69. The molecule has 30 heavy (non-hydrogen) atoms. The second-order valence-corrected chi connectivity index (χ2v) is 20.7. The van der Waals surface area contributed by atoms with Crippen LogP contribution in [0.2, 0.25) is 0 Å². The van der Waals surface area contributed by atoms with Crippen LogP contribution in [0.4, 0.5) is 11.4 Å². The first-order valence-corrected chi connectivity index (χ1v) is 21.4. The van der Waals surface area contributed by atoms with Gasteiger partial charge in [-0.1, -0.05) is 42.5 Å². The molecule has 0 bridgehead atoms. The van der Waals surface area contributed by atoms with E-state index in [1.807, 2.05) is 68.4 Å². The van der Waals surface area contributed by atoms with Crippen LogP contribution in [-0.2, 0) is 0 Å². The van der Waals surface area contributed by atoms with E-state index in [0.29, 0.717) is 0 Å². The first-order valence-electron chi connectivity index (χ1n) is 9.31. The molecule has 0 amide bonds. The summed E-state index contributed by atoms with van der Waals surface area (Å²) in [6.07, 6.45) is 0. The molecule has 3 aromatic rings. The minimum absolute atomic E-state index is 0.866. The summed E-state index contributed by atoms with van der Waals surface area (Å²) in [7, 11) is 0. The van der Waals surface area contributed by atoms with Crippen molar-refractivity contribution in [2.45, 2.75) is 27.7 Å². The standard InChI is InChI=1S/C23H23N3.3ClH.Nd/c1-16-10-5-7-12-20(16)24-18(3)22-14-9-15-23(26-22)19(4)25-21-13-8-6-11-17(21)2;;;;/h5-15H,1-4H3;3*1H;/q;;;;+3/p-3. The Labute approximate surface area is 200 Å². The molecule has 0 radical (unpaired) electrons. The van der Waals surface area contributed by atoms with Crippen molar-refractivity contribution in [3.63, 3.8) is 0 Å². The minimum atomic E-state index is -2.24. The Kier molecular flexibility index (Phi) is 10.9. The Balaban J connectivity index is 0.000000735. The fraction of sp³-hybridized carbons (Fsp3) is 0.174. The van der Waals surface area contributed by atoms with Crippen molar-refractivity contribution in [2.24, 2.45) is 9.98 Å². The van der Waals surface area contributed by atoms with Crippen LogP contribution in [0.5, 0.6) is 0 Å². The van der Waals surface area contributed by atoms with Gasteiger partial charge in [0.05, 0.1) is 34.2 Å². The van der Waals surface area contributed by atoms with E-state index < -0.39 is 29.9 Å². The Morgan fingerprint density at radius 2 is 1.03 bits per heavy atom. The van der Waals surface area contributed by atoms with Crippen LogP contribution >= 0.6 is 17.4 Å². The molecule has 0 fully saturated rings. The molecule has 3 nitrogen and oxygen atoms in total. The predicted octanol–water partition coefficient (Wildman–Crippen LogP) is 8.05. The zero-order chi connectivity index (χ0) is 22.1. The van der Waals surface area contributed by atoms with Gasteiger partial charge in [-0.3, -0.25) is 9.98 Å². The topological polar surface area (TPSA) is 37.6 Å². The van der Waals surface area contributed by atoms with E-state index in [1.54, 1.807) is 0 Å². The second-order valence-electron chi connectivity index (χ2n) is 6.59. The zero-order valence-electron chi connectivity index (χ0n) is 17.3. The van der Waals surface area contributed by atoms with E-state index in [4.69, 9.17) is 32.4 Å². The SMILES string of the molecule is CC(=Nc1ccccc1C)c1cccc(C(C)=Nc2ccccc2C)n1.[Cl][Nd]([Cl])[Cl]. The van der Waals surface area contributed by atoms with E-state index in [0.717, 1.165) is 45.3 Å². The summed E-state index contributed by atoms with van der Waals surface area (Å²) in [4.78, 5) is 14.2. The van der Waals surface area contributed by atoms with Gasteiger partial charge in [0.25, 0.3) is 0 Å². The van der Waals surface area contributed by atoms with E-state index >= 15 is 0 Å². The number of hydrogen-bond donors (Lipinski definition) is 0. The van der Waals surface area contributed by atoms with Crippen molar-refractivity contribution in [1.29, 1.82) is 0 Å². The van der Waals surface area contributed by atoms with Gasteiger partial charge in [0.1, 0.15) is 0 Å². The van der Waals surface area contributed by atoms with E-state index in [2.05, 4.69) is 26.0 Å². The van der Waals surface area contributed by atoms with Crippen molar-refractivity contribution in [1.82, 2.24) is 4.98 Å². The molecule has 0 atom stereocenters. The number of halogens is 3. The Morgan fingerprint density at radius 1 is 0.667 bits per heavy atom. The molecule has 0 aliphatic carbocycles. The van der Waals surface area contributed by atoms with Crippen LogP contribution in [0.25, 0.3) is 0 Å². The van der Waals surface area contributed by atoms with E-state index in [9.17, 15) is 0 Å². The molecule has 155 valence electrons. The monoisotopic (exact) mass is 588 g/mol. The molecule has 0 aliphatic rings. The molecule has 0 unspecified atom stereocenters. The van der Waals surface area contributed by atoms with Crippen LogP contribution in [0.3, 0.4) is 0 Å². The summed E-state index contributed by atoms with van der Waals surface area (Å²) in [5.74, 6) is 15.1. The van der Waals surface area contributed by atoms with Crippen molar-refractivity contribution in [2.75, 3.05) is 0 Å². The Bertz CT molecular complexity index is 970. The summed E-state index contributed by atoms with van der Waals surface area (Å²) in [6.45, 7) is 8.11. The second kappa shape index (κ2) is 12.9. The summed E-state index contributed by atoms with van der Waals surface area (Å²) < 4.78 is 0. The number of aromatic nitrogens is 1. The molecule has 7 heteroatoms. The van der Waals surface area contributed by atoms with Crippen LogP contribution in [0.15, 0.2) is 76.7 Å². The maximum atomic E-state index is 5.02. The Hall–Kier alpha value is -0.849. The first kappa shape index (κ1) is 25.4. The van der Waals surface area contributed by atoms with Gasteiger partial charge in [-0.05, 0) is 63.1 Å². The van der Waals surface area contributed by atoms with Crippen LogP contribution < -0.4 is 0 Å². The molecule has 0 saturated heterocycles. The number of hydrogen-bond acceptors (Lipinski definition) is 3. The number of para-hydroxylation sites is 2. The van der Waals surface area contributed by atoms with Crippen molar-refractivity contribution in [3.8, 4) is 0 Å². The molecule has 0 spiro atoms. The van der Waals surface area contributed by atoms with Gasteiger partial charge < -0.3 is 0 Å². The molecule has 1 aromatic heterocycles. The van der Waals surface area contributed by atoms with Gasteiger partial charge in [0.2, 0.25) is 0 Å². The van der Waals surface area contributed by atoms with Crippen molar-refractivity contribution >= 4 is 40.2 Å². The molecule has 1 heterocycles. The fourth-order valence-electron chi connectivity index (χ4n) is 2.69. The molecule has 0 N–H and O–H groups in total. The van der Waals surface area contributed by atoms with Crippen molar-refractivity contribution < 1.29 is 29.9 Å². The number of pyridine rings is 1. The van der Waals surface area contributed by atoms with Gasteiger partial charge in [0, 0.05) is 0 Å². The molecule has 0 saturated carbocycles. The van der Waals surface area contributed by atoms with Crippen LogP contribution in [-0.4, -0.2) is 16.4 Å². The summed E-state index contributed by atoms with van der Waals surface area (Å²) in [5.41, 5.74) is 7.77. The maximum absolute atomic E-state index is 5.02. The number of benzene rings is 2. The third kappa shape index (κ3) is 8.35. The normalized spacial score (nSPS) is 11.6. The third-order valence-electron chi connectivity index (χ3n) is 4.30. The number of aliphatic imine (C=N–C) groups is 2. The summed E-state index contributed by atoms with van der Waals surface area (Å²) in [6, 6.07) is 22.2. The van der Waals surface area contributed by atoms with Gasteiger partial charge >= 0.3 is 47.3 Å². The summed E-state index contributed by atoms with van der Waals surface area (Å²) in [5, 5.41) is 0. The number of aryl methyl sites for hydroxylation is 2. The van der Waals surface area contributed by atoms with E-state index in [-0.39, 0.29) is 0 Å². The van der Waals surface area contributed by atoms with Crippen LogP contribution in [0.1, 0.15) is 36.4 Å². The molecular formula is C23H23Cl3N3Nd. The average Bonchev–Trinajstić information content (AvgIpc) is 2.71. The summed E-state index contributed by atoms with van der Waals surface area (Å²) >= 11 is -2.24. The third-order valence-corrected chi connectivity index (χ3v) is 4.30. The van der Waals surface area contributed by atoms with Gasteiger partial charge in [-0.15, -0.1) is 0 Å². The van der Waals surface area contributed by atoms with Gasteiger partial charge in [0.15, 0.2) is 0 Å². The van der Waals surface area contributed by atoms with Gasteiger partial charge in [-0.2, -0.15) is 0 Å². The number of rotatable bonds is 4. The molecule has 0 aliphatic heterocycles. The van der Waals surface area contributed by atoms with Crippen LogP contribution in [0, 0.1) is 43.8 Å². The average molecular weight is 592 g/mol.